The van der Waals surface area contributed by atoms with Crippen LogP contribution in [0.5, 0.6) is 0 Å². The number of hydrogen-bond acceptors (Lipinski definition) is 6. The average molecular weight is 506 g/mol. The van der Waals surface area contributed by atoms with Crippen molar-refractivity contribution in [2.45, 2.75) is 43.2 Å². The first kappa shape index (κ1) is 22.1. The summed E-state index contributed by atoms with van der Waals surface area (Å²) in [4.78, 5) is 24.4. The van der Waals surface area contributed by atoms with E-state index < -0.39 is 0 Å². The fourth-order valence-corrected chi connectivity index (χ4v) is 6.43. The Morgan fingerprint density at radius 2 is 1.82 bits per heavy atom. The van der Waals surface area contributed by atoms with Gasteiger partial charge in [-0.25, -0.2) is 19.3 Å². The molecule has 3 aliphatic rings. The van der Waals surface area contributed by atoms with E-state index in [-0.39, 0.29) is 17.3 Å². The molecule has 0 spiro atoms. The normalized spacial score (nSPS) is 22.7. The van der Waals surface area contributed by atoms with Crippen molar-refractivity contribution in [1.82, 2.24) is 30.2 Å². The smallest absolute Gasteiger partial charge is 0.140 e. The van der Waals surface area contributed by atoms with Crippen molar-refractivity contribution in [3.8, 4) is 0 Å². The highest BCUT2D eigenvalue weighted by atomic mass is 19.1. The number of rotatable bonds is 5. The van der Waals surface area contributed by atoms with Crippen molar-refractivity contribution in [2.24, 2.45) is 5.92 Å². The number of fused-ring (bicyclic) bond motifs is 2. The number of benzene rings is 1. The first-order chi connectivity index (χ1) is 18.7. The van der Waals surface area contributed by atoms with Gasteiger partial charge >= 0.3 is 0 Å². The summed E-state index contributed by atoms with van der Waals surface area (Å²) in [5.74, 6) is 1.49. The minimum atomic E-state index is -0.201. The second kappa shape index (κ2) is 8.30. The largest absolute Gasteiger partial charge is 0.346 e. The average Bonchev–Trinajstić information content (AvgIpc) is 3.90. The lowest BCUT2D eigenvalue weighted by atomic mass is 9.91. The van der Waals surface area contributed by atoms with E-state index in [1.54, 1.807) is 18.5 Å². The topological polar surface area (TPSA) is 82.6 Å². The fraction of sp³-hybridized carbons (Fsp3) is 0.333. The molecule has 8 rings (SSSR count). The van der Waals surface area contributed by atoms with Gasteiger partial charge in [-0.05, 0) is 73.1 Å². The number of pyridine rings is 2. The van der Waals surface area contributed by atoms with Gasteiger partial charge in [0.05, 0.1) is 17.8 Å². The third kappa shape index (κ3) is 3.50. The third-order valence-electron chi connectivity index (χ3n) is 8.81. The predicted octanol–water partition coefficient (Wildman–Crippen LogP) is 5.05. The summed E-state index contributed by atoms with van der Waals surface area (Å²) in [7, 11) is 0. The maximum absolute atomic E-state index is 13.6. The van der Waals surface area contributed by atoms with Gasteiger partial charge in [0.15, 0.2) is 0 Å². The molecule has 0 radical (unpaired) electrons. The van der Waals surface area contributed by atoms with Crippen LogP contribution >= 0.6 is 0 Å². The number of aromatic nitrogens is 5. The molecule has 1 saturated heterocycles. The van der Waals surface area contributed by atoms with E-state index in [0.717, 1.165) is 70.9 Å². The van der Waals surface area contributed by atoms with Crippen LogP contribution in [0, 0.1) is 11.7 Å². The molecule has 2 saturated carbocycles. The van der Waals surface area contributed by atoms with E-state index in [2.05, 4.69) is 37.3 Å². The van der Waals surface area contributed by atoms with E-state index in [0.29, 0.717) is 6.04 Å². The molecule has 5 aromatic rings. The van der Waals surface area contributed by atoms with E-state index >= 15 is 0 Å². The van der Waals surface area contributed by atoms with Crippen molar-refractivity contribution < 1.29 is 4.39 Å². The second-order valence-electron chi connectivity index (χ2n) is 11.0. The molecular weight excluding hydrogens is 477 g/mol. The first-order valence-electron chi connectivity index (χ1n) is 13.5. The quantitative estimate of drug-likeness (QED) is 0.348. The SMILES string of the molecule is Fc1ccc(C2(c3cc4c(C5CNC(C6CC6)CN5c5ncnc6cnccc56)ccnc4[nH]3)CC2)cc1. The summed E-state index contributed by atoms with van der Waals surface area (Å²) >= 11 is 0. The van der Waals surface area contributed by atoms with Gasteiger partial charge in [-0.2, -0.15) is 0 Å². The van der Waals surface area contributed by atoms with Crippen molar-refractivity contribution in [1.29, 1.82) is 0 Å². The Hall–Kier alpha value is -3.91. The molecule has 8 heteroatoms. The van der Waals surface area contributed by atoms with E-state index in [9.17, 15) is 4.39 Å². The Morgan fingerprint density at radius 3 is 2.63 bits per heavy atom. The molecule has 1 aromatic carbocycles. The van der Waals surface area contributed by atoms with Gasteiger partial charge in [0.1, 0.15) is 23.6 Å². The maximum atomic E-state index is 13.6. The minimum Gasteiger partial charge on any atom is -0.346 e. The van der Waals surface area contributed by atoms with Crippen molar-refractivity contribution in [2.75, 3.05) is 18.0 Å². The molecule has 2 unspecified atom stereocenters. The van der Waals surface area contributed by atoms with Gasteiger partial charge in [-0.1, -0.05) is 12.1 Å². The molecule has 190 valence electrons. The number of H-pyrrole nitrogens is 1. The number of nitrogens with zero attached hydrogens (tertiary/aromatic N) is 5. The van der Waals surface area contributed by atoms with Gasteiger partial charge in [0.25, 0.3) is 0 Å². The van der Waals surface area contributed by atoms with Crippen molar-refractivity contribution in [3.05, 3.63) is 90.0 Å². The monoisotopic (exact) mass is 505 g/mol. The van der Waals surface area contributed by atoms with Crippen molar-refractivity contribution in [3.63, 3.8) is 0 Å². The van der Waals surface area contributed by atoms with Crippen LogP contribution in [0.3, 0.4) is 0 Å². The molecule has 4 aromatic heterocycles. The number of piperazine rings is 1. The zero-order valence-corrected chi connectivity index (χ0v) is 20.9. The Morgan fingerprint density at radius 1 is 0.947 bits per heavy atom. The van der Waals surface area contributed by atoms with Gasteiger partial charge in [0.2, 0.25) is 0 Å². The third-order valence-corrected chi connectivity index (χ3v) is 8.81. The minimum absolute atomic E-state index is 0.0892. The second-order valence-corrected chi connectivity index (χ2v) is 11.0. The van der Waals surface area contributed by atoms with Gasteiger partial charge in [-0.15, -0.1) is 0 Å². The fourth-order valence-electron chi connectivity index (χ4n) is 6.43. The highest BCUT2D eigenvalue weighted by Gasteiger charge is 2.47. The van der Waals surface area contributed by atoms with Gasteiger partial charge in [-0.3, -0.25) is 4.98 Å². The Kier molecular flexibility index (Phi) is 4.83. The van der Waals surface area contributed by atoms with Crippen LogP contribution in [0.15, 0.2) is 67.4 Å². The lowest BCUT2D eigenvalue weighted by Gasteiger charge is -2.42. The molecule has 5 heterocycles. The summed E-state index contributed by atoms with van der Waals surface area (Å²) < 4.78 is 13.6. The molecule has 0 bridgehead atoms. The van der Waals surface area contributed by atoms with Gasteiger partial charge < -0.3 is 15.2 Å². The first-order valence-corrected chi connectivity index (χ1v) is 13.5. The number of anilines is 1. The number of nitrogens with one attached hydrogen (secondary N) is 2. The lowest BCUT2D eigenvalue weighted by Crippen LogP contribution is -2.53. The summed E-state index contributed by atoms with van der Waals surface area (Å²) in [6.45, 7) is 1.73. The number of aromatic amines is 1. The highest BCUT2D eigenvalue weighted by Crippen LogP contribution is 2.54. The number of hydrogen-bond donors (Lipinski definition) is 2. The van der Waals surface area contributed by atoms with E-state index in [1.807, 2.05) is 36.8 Å². The molecule has 3 fully saturated rings. The summed E-state index contributed by atoms with van der Waals surface area (Å²) in [6.07, 6.45) is 11.8. The zero-order valence-electron chi connectivity index (χ0n) is 20.9. The van der Waals surface area contributed by atoms with Crippen LogP contribution in [-0.4, -0.2) is 44.1 Å². The van der Waals surface area contributed by atoms with Crippen LogP contribution in [0.2, 0.25) is 0 Å². The molecule has 38 heavy (non-hydrogen) atoms. The summed E-state index contributed by atoms with van der Waals surface area (Å²) in [5.41, 5.74) is 5.20. The number of halogens is 1. The van der Waals surface area contributed by atoms with E-state index in [4.69, 9.17) is 9.97 Å². The van der Waals surface area contributed by atoms with Crippen LogP contribution in [0.25, 0.3) is 21.9 Å². The Labute approximate surface area is 219 Å². The predicted molar refractivity (Wildman–Crippen MR) is 144 cm³/mol. The zero-order chi connectivity index (χ0) is 25.3. The lowest BCUT2D eigenvalue weighted by molar-refractivity contribution is 0.368. The van der Waals surface area contributed by atoms with Crippen LogP contribution in [0.4, 0.5) is 10.2 Å². The van der Waals surface area contributed by atoms with E-state index in [1.165, 1.54) is 18.4 Å². The van der Waals surface area contributed by atoms with Crippen LogP contribution in [0.1, 0.15) is 48.5 Å². The van der Waals surface area contributed by atoms with Crippen LogP contribution < -0.4 is 10.2 Å². The summed E-state index contributed by atoms with van der Waals surface area (Å²) in [5, 5.41) is 6.02. The Bertz CT molecular complexity index is 1650. The van der Waals surface area contributed by atoms with Crippen molar-refractivity contribution >= 4 is 27.8 Å². The van der Waals surface area contributed by atoms with Crippen LogP contribution in [-0.2, 0) is 5.41 Å². The van der Waals surface area contributed by atoms with Gasteiger partial charge in [0, 0.05) is 53.4 Å². The molecule has 2 N–H and O–H groups in total. The molecule has 2 atom stereocenters. The maximum Gasteiger partial charge on any atom is 0.140 e. The highest BCUT2D eigenvalue weighted by molar-refractivity contribution is 5.89. The molecule has 2 aliphatic carbocycles. The molecule has 0 amide bonds. The molecule has 7 nitrogen and oxygen atoms in total. The molecule has 1 aliphatic heterocycles. The Balaban J connectivity index is 1.23. The molecular formula is C30H28FN7. The summed E-state index contributed by atoms with van der Waals surface area (Å²) in [6, 6.07) is 13.9. The standard InChI is InChI=1S/C30H28FN7/c31-20-5-3-19(4-6-20)30(9-10-30)27-13-23-21(8-12-33-28(23)37-27)26-15-34-25(18-1-2-18)16-38(26)29-22-7-11-32-14-24(22)35-17-36-29/h3-8,11-14,17-18,25-26,34H,1-2,9-10,15-16H2,(H,33,37).